The Kier molecular flexibility index (Phi) is 8.06. The van der Waals surface area contributed by atoms with E-state index in [2.05, 4.69) is 15.2 Å². The summed E-state index contributed by atoms with van der Waals surface area (Å²) < 4.78 is 11.2. The Balaban J connectivity index is 1.59. The number of aromatic nitrogens is 1. The number of anilines is 1. The molecule has 0 spiro atoms. The predicted octanol–water partition coefficient (Wildman–Crippen LogP) is 5.86. The van der Waals surface area contributed by atoms with E-state index in [1.807, 2.05) is 62.4 Å². The van der Waals surface area contributed by atoms with Crippen LogP contribution in [0.3, 0.4) is 0 Å². The molecule has 34 heavy (non-hydrogen) atoms. The van der Waals surface area contributed by atoms with Gasteiger partial charge in [-0.1, -0.05) is 19.3 Å². The van der Waals surface area contributed by atoms with Gasteiger partial charge in [0.05, 0.1) is 19.8 Å². The molecule has 180 valence electrons. The van der Waals surface area contributed by atoms with Crippen molar-refractivity contribution in [1.82, 2.24) is 9.88 Å². The number of aromatic amines is 1. The summed E-state index contributed by atoms with van der Waals surface area (Å²) in [6.07, 6.45) is 5.76. The van der Waals surface area contributed by atoms with Crippen molar-refractivity contribution in [2.45, 2.75) is 58.5 Å². The highest BCUT2D eigenvalue weighted by Crippen LogP contribution is 2.26. The molecule has 3 aromatic rings. The number of fused-ring (bicyclic) bond motifs is 1. The van der Waals surface area contributed by atoms with Gasteiger partial charge in [0.2, 0.25) is 0 Å². The van der Waals surface area contributed by atoms with Gasteiger partial charge in [-0.05, 0) is 87.4 Å². The Labute approximate surface area is 206 Å². The number of pyridine rings is 1. The molecule has 6 nitrogen and oxygen atoms in total. The van der Waals surface area contributed by atoms with Crippen LogP contribution in [0.1, 0.15) is 51.5 Å². The van der Waals surface area contributed by atoms with Gasteiger partial charge in [-0.3, -0.25) is 4.79 Å². The van der Waals surface area contributed by atoms with E-state index < -0.39 is 0 Å². The fraction of sp³-hybridized carbons (Fsp3) is 0.407. The minimum Gasteiger partial charge on any atom is -0.494 e. The number of H-pyrrole nitrogens is 1. The van der Waals surface area contributed by atoms with Crippen LogP contribution in [0.25, 0.3) is 10.9 Å². The first-order chi connectivity index (χ1) is 16.6. The monoisotopic (exact) mass is 479 g/mol. The number of nitrogens with one attached hydrogen (secondary N) is 2. The Morgan fingerprint density at radius 3 is 2.38 bits per heavy atom. The molecule has 0 bridgehead atoms. The average molecular weight is 480 g/mol. The number of benzene rings is 2. The summed E-state index contributed by atoms with van der Waals surface area (Å²) in [6, 6.07) is 15.8. The Bertz CT molecular complexity index is 1170. The molecule has 7 heteroatoms. The van der Waals surface area contributed by atoms with Gasteiger partial charge < -0.3 is 24.7 Å². The number of ether oxygens (including phenoxy) is 2. The maximum absolute atomic E-state index is 13.0. The van der Waals surface area contributed by atoms with Crippen LogP contribution < -0.4 is 20.3 Å². The van der Waals surface area contributed by atoms with E-state index in [9.17, 15) is 4.79 Å². The SMILES string of the molecule is CCOc1ccc(NC(=S)N(Cc2cc3cc(OCC)ccc3[nH]c2=O)C2CCCCC2)cc1. The van der Waals surface area contributed by atoms with Gasteiger partial charge in [-0.25, -0.2) is 0 Å². The van der Waals surface area contributed by atoms with Crippen molar-refractivity contribution in [1.29, 1.82) is 0 Å². The molecule has 0 aliphatic heterocycles. The maximum atomic E-state index is 13.0. The summed E-state index contributed by atoms with van der Waals surface area (Å²) >= 11 is 5.87. The van der Waals surface area contributed by atoms with E-state index in [1.165, 1.54) is 19.3 Å². The van der Waals surface area contributed by atoms with Crippen molar-refractivity contribution in [2.24, 2.45) is 0 Å². The van der Waals surface area contributed by atoms with Crippen LogP contribution in [0.5, 0.6) is 11.5 Å². The lowest BCUT2D eigenvalue weighted by Gasteiger charge is -2.36. The quantitative estimate of drug-likeness (QED) is 0.395. The predicted molar refractivity (Wildman–Crippen MR) is 142 cm³/mol. The zero-order valence-electron chi connectivity index (χ0n) is 19.9. The van der Waals surface area contributed by atoms with Crippen molar-refractivity contribution in [3.63, 3.8) is 0 Å². The van der Waals surface area contributed by atoms with E-state index >= 15 is 0 Å². The zero-order valence-corrected chi connectivity index (χ0v) is 20.7. The zero-order chi connectivity index (χ0) is 23.9. The maximum Gasteiger partial charge on any atom is 0.253 e. The summed E-state index contributed by atoms with van der Waals surface area (Å²) in [6.45, 7) is 5.62. The lowest BCUT2D eigenvalue weighted by Crippen LogP contribution is -2.44. The highest BCUT2D eigenvalue weighted by Gasteiger charge is 2.24. The third kappa shape index (κ3) is 5.89. The summed E-state index contributed by atoms with van der Waals surface area (Å²) in [4.78, 5) is 18.2. The molecule has 1 aromatic heterocycles. The number of rotatable bonds is 8. The number of hydrogen-bond donors (Lipinski definition) is 2. The third-order valence-electron chi connectivity index (χ3n) is 6.24. The highest BCUT2D eigenvalue weighted by molar-refractivity contribution is 7.80. The van der Waals surface area contributed by atoms with Gasteiger partial charge in [0.1, 0.15) is 11.5 Å². The third-order valence-corrected chi connectivity index (χ3v) is 6.57. The van der Waals surface area contributed by atoms with Gasteiger partial charge in [0, 0.05) is 28.2 Å². The molecule has 0 unspecified atom stereocenters. The van der Waals surface area contributed by atoms with Crippen LogP contribution in [-0.2, 0) is 6.54 Å². The second-order valence-electron chi connectivity index (χ2n) is 8.61. The lowest BCUT2D eigenvalue weighted by molar-refractivity contribution is 0.240. The Hall–Kier alpha value is -3.06. The standard InChI is InChI=1S/C27H33N3O3S/c1-3-32-23-12-10-21(11-13-23)28-27(34)30(22-8-6-5-7-9-22)18-20-16-19-17-24(33-4-2)14-15-25(19)29-26(20)31/h10-17,22H,3-9,18H2,1-2H3,(H,28,34)(H,29,31). The molecule has 1 heterocycles. The Morgan fingerprint density at radius 1 is 1.00 bits per heavy atom. The molecule has 2 aromatic carbocycles. The van der Waals surface area contributed by atoms with Gasteiger partial charge in [0.15, 0.2) is 5.11 Å². The van der Waals surface area contributed by atoms with Gasteiger partial charge in [-0.15, -0.1) is 0 Å². The molecule has 2 N–H and O–H groups in total. The van der Waals surface area contributed by atoms with Crippen molar-refractivity contribution >= 4 is 33.9 Å². The van der Waals surface area contributed by atoms with Crippen molar-refractivity contribution < 1.29 is 9.47 Å². The number of hydrogen-bond acceptors (Lipinski definition) is 4. The van der Waals surface area contributed by atoms with Gasteiger partial charge in [0.25, 0.3) is 5.56 Å². The number of nitrogens with zero attached hydrogens (tertiary/aromatic N) is 1. The summed E-state index contributed by atoms with van der Waals surface area (Å²) in [7, 11) is 0. The second kappa shape index (κ2) is 11.4. The smallest absolute Gasteiger partial charge is 0.253 e. The summed E-state index contributed by atoms with van der Waals surface area (Å²) in [5, 5.41) is 4.97. The Morgan fingerprint density at radius 2 is 1.68 bits per heavy atom. The van der Waals surface area contributed by atoms with Crippen LogP contribution >= 0.6 is 12.2 Å². The second-order valence-corrected chi connectivity index (χ2v) is 9.00. The largest absolute Gasteiger partial charge is 0.494 e. The van der Waals surface area contributed by atoms with Crippen LogP contribution in [0.15, 0.2) is 53.3 Å². The van der Waals surface area contributed by atoms with Crippen LogP contribution in [-0.4, -0.2) is 34.3 Å². The molecule has 0 radical (unpaired) electrons. The summed E-state index contributed by atoms with van der Waals surface area (Å²) in [5.41, 5.74) is 2.32. The molecule has 0 amide bonds. The molecule has 1 aliphatic rings. The molecular weight excluding hydrogens is 446 g/mol. The minimum atomic E-state index is -0.0821. The van der Waals surface area contributed by atoms with Crippen molar-refractivity contribution in [3.8, 4) is 11.5 Å². The normalized spacial score (nSPS) is 14.1. The molecular formula is C27H33N3O3S. The molecule has 1 fully saturated rings. The molecule has 4 rings (SSSR count). The fourth-order valence-corrected chi connectivity index (χ4v) is 4.87. The first-order valence-electron chi connectivity index (χ1n) is 12.2. The van der Waals surface area contributed by atoms with Crippen LogP contribution in [0, 0.1) is 0 Å². The van der Waals surface area contributed by atoms with E-state index in [0.29, 0.717) is 36.5 Å². The van der Waals surface area contributed by atoms with Crippen molar-refractivity contribution in [3.05, 3.63) is 64.4 Å². The van der Waals surface area contributed by atoms with E-state index in [0.717, 1.165) is 40.9 Å². The number of thiocarbonyl (C=S) groups is 1. The lowest BCUT2D eigenvalue weighted by atomic mass is 9.94. The van der Waals surface area contributed by atoms with E-state index in [-0.39, 0.29) is 5.56 Å². The van der Waals surface area contributed by atoms with Gasteiger partial charge in [-0.2, -0.15) is 0 Å². The highest BCUT2D eigenvalue weighted by atomic mass is 32.1. The van der Waals surface area contributed by atoms with Gasteiger partial charge >= 0.3 is 0 Å². The van der Waals surface area contributed by atoms with Crippen LogP contribution in [0.4, 0.5) is 5.69 Å². The molecule has 1 aliphatic carbocycles. The van der Waals surface area contributed by atoms with Crippen LogP contribution in [0.2, 0.25) is 0 Å². The van der Waals surface area contributed by atoms with E-state index in [4.69, 9.17) is 21.7 Å². The van der Waals surface area contributed by atoms with Crippen molar-refractivity contribution in [2.75, 3.05) is 18.5 Å². The minimum absolute atomic E-state index is 0.0821. The molecule has 0 saturated heterocycles. The topological polar surface area (TPSA) is 66.6 Å². The fourth-order valence-electron chi connectivity index (χ4n) is 4.54. The summed E-state index contributed by atoms with van der Waals surface area (Å²) in [5.74, 6) is 1.63. The average Bonchev–Trinajstić information content (AvgIpc) is 2.85. The molecule has 0 atom stereocenters. The first kappa shape index (κ1) is 24.1. The molecule has 1 saturated carbocycles. The first-order valence-corrected chi connectivity index (χ1v) is 12.6. The van der Waals surface area contributed by atoms with E-state index in [1.54, 1.807) is 0 Å².